The van der Waals surface area contributed by atoms with Crippen molar-refractivity contribution in [2.75, 3.05) is 20.3 Å². The van der Waals surface area contributed by atoms with Crippen LogP contribution < -0.4 is 5.73 Å². The van der Waals surface area contributed by atoms with Crippen LogP contribution in [0.1, 0.15) is 6.92 Å². The number of rotatable bonds is 2. The summed E-state index contributed by atoms with van der Waals surface area (Å²) in [6, 6.07) is 0.263. The largest absolute Gasteiger partial charge is 0.463 e. The number of ether oxygens (including phenoxy) is 2. The number of hydrogen-bond donors (Lipinski definition) is 1. The van der Waals surface area contributed by atoms with Crippen molar-refractivity contribution in [3.63, 3.8) is 0 Å². The van der Waals surface area contributed by atoms with E-state index in [9.17, 15) is 0 Å². The molecule has 58 valence electrons. The Bertz CT molecular complexity index is 158. The molecule has 0 saturated carbocycles. The lowest BCUT2D eigenvalue weighted by molar-refractivity contribution is 0.121. The highest BCUT2D eigenvalue weighted by atomic mass is 16.5. The van der Waals surface area contributed by atoms with E-state index in [1.54, 1.807) is 7.11 Å². The molecule has 4 heteroatoms. The lowest BCUT2D eigenvalue weighted by Crippen LogP contribution is -2.29. The van der Waals surface area contributed by atoms with E-state index in [1.165, 1.54) is 0 Å². The molecule has 0 aliphatic carbocycles. The van der Waals surface area contributed by atoms with Crippen LogP contribution in [0.25, 0.3) is 0 Å². The second-order valence-corrected chi connectivity index (χ2v) is 2.67. The van der Waals surface area contributed by atoms with Gasteiger partial charge in [-0.1, -0.05) is 0 Å². The van der Waals surface area contributed by atoms with Gasteiger partial charge in [0, 0.05) is 7.11 Å². The van der Waals surface area contributed by atoms with Crippen molar-refractivity contribution < 1.29 is 9.47 Å². The van der Waals surface area contributed by atoms with Gasteiger partial charge in [-0.05, 0) is 6.92 Å². The predicted octanol–water partition coefficient (Wildman–Crippen LogP) is -0.264. The smallest absolute Gasteiger partial charge is 0.282 e. The maximum Gasteiger partial charge on any atom is 0.282 e. The third-order valence-electron chi connectivity index (χ3n) is 1.37. The second kappa shape index (κ2) is 2.46. The lowest BCUT2D eigenvalue weighted by atomic mass is 10.1. The van der Waals surface area contributed by atoms with Crippen LogP contribution in [0.2, 0.25) is 0 Å². The molecule has 0 bridgehead atoms. The summed E-state index contributed by atoms with van der Waals surface area (Å²) in [4.78, 5) is 4.06. The zero-order valence-electron chi connectivity index (χ0n) is 6.26. The molecule has 0 aromatic heterocycles. The van der Waals surface area contributed by atoms with Gasteiger partial charge < -0.3 is 15.2 Å². The van der Waals surface area contributed by atoms with Crippen molar-refractivity contribution in [3.05, 3.63) is 0 Å². The highest BCUT2D eigenvalue weighted by Crippen LogP contribution is 2.16. The molecule has 0 fully saturated rings. The fourth-order valence-corrected chi connectivity index (χ4v) is 0.945. The van der Waals surface area contributed by atoms with Crippen LogP contribution >= 0.6 is 0 Å². The molecule has 0 amide bonds. The Kier molecular flexibility index (Phi) is 1.80. The quantitative estimate of drug-likeness (QED) is 0.580. The first-order valence-electron chi connectivity index (χ1n) is 3.13. The SMILES string of the molecule is COCC1(C)COC(N)=N1. The first-order valence-corrected chi connectivity index (χ1v) is 3.13. The lowest BCUT2D eigenvalue weighted by Gasteiger charge is -2.15. The van der Waals surface area contributed by atoms with E-state index in [4.69, 9.17) is 15.2 Å². The maximum absolute atomic E-state index is 5.31. The van der Waals surface area contributed by atoms with Gasteiger partial charge in [0.1, 0.15) is 12.1 Å². The van der Waals surface area contributed by atoms with Gasteiger partial charge in [-0.25, -0.2) is 4.99 Å². The zero-order valence-corrected chi connectivity index (χ0v) is 6.26. The Hall–Kier alpha value is -0.770. The van der Waals surface area contributed by atoms with Gasteiger partial charge in [-0.15, -0.1) is 0 Å². The third-order valence-corrected chi connectivity index (χ3v) is 1.37. The van der Waals surface area contributed by atoms with E-state index < -0.39 is 0 Å². The average molecular weight is 144 g/mol. The van der Waals surface area contributed by atoms with Crippen molar-refractivity contribution in [2.45, 2.75) is 12.5 Å². The maximum atomic E-state index is 5.31. The van der Waals surface area contributed by atoms with E-state index in [0.717, 1.165) is 0 Å². The summed E-state index contributed by atoms with van der Waals surface area (Å²) in [5.41, 5.74) is 5.05. The van der Waals surface area contributed by atoms with E-state index >= 15 is 0 Å². The molecule has 0 radical (unpaired) electrons. The van der Waals surface area contributed by atoms with Gasteiger partial charge in [-0.2, -0.15) is 0 Å². The number of nitrogens with two attached hydrogens (primary N) is 1. The normalized spacial score (nSPS) is 31.6. The molecule has 1 rings (SSSR count). The fraction of sp³-hybridized carbons (Fsp3) is 0.833. The molecule has 1 aliphatic rings. The third kappa shape index (κ3) is 1.39. The minimum atomic E-state index is -0.265. The average Bonchev–Trinajstić information content (AvgIpc) is 2.12. The molecular formula is C6H12N2O2. The highest BCUT2D eigenvalue weighted by molar-refractivity contribution is 5.73. The second-order valence-electron chi connectivity index (χ2n) is 2.67. The number of amidine groups is 1. The van der Waals surface area contributed by atoms with Gasteiger partial charge in [0.15, 0.2) is 0 Å². The molecule has 1 aliphatic heterocycles. The van der Waals surface area contributed by atoms with Crippen LogP contribution in [0.15, 0.2) is 4.99 Å². The van der Waals surface area contributed by atoms with E-state index in [-0.39, 0.29) is 11.6 Å². The molecule has 0 spiro atoms. The number of nitrogens with zero attached hydrogens (tertiary/aromatic N) is 1. The topological polar surface area (TPSA) is 56.8 Å². The van der Waals surface area contributed by atoms with Crippen LogP contribution in [0, 0.1) is 0 Å². The summed E-state index contributed by atoms with van der Waals surface area (Å²) in [5, 5.41) is 0. The summed E-state index contributed by atoms with van der Waals surface area (Å²) in [6.07, 6.45) is 0. The molecule has 1 unspecified atom stereocenters. The highest BCUT2D eigenvalue weighted by Gasteiger charge is 2.30. The number of aliphatic imine (C=N–C) groups is 1. The zero-order chi connectivity index (χ0) is 7.61. The van der Waals surface area contributed by atoms with E-state index in [1.807, 2.05) is 6.92 Å². The van der Waals surface area contributed by atoms with Crippen molar-refractivity contribution in [2.24, 2.45) is 10.7 Å². The molecule has 1 atom stereocenters. The van der Waals surface area contributed by atoms with Gasteiger partial charge in [0.2, 0.25) is 0 Å². The molecule has 0 aromatic carbocycles. The molecule has 0 saturated heterocycles. The molecule has 10 heavy (non-hydrogen) atoms. The van der Waals surface area contributed by atoms with Crippen molar-refractivity contribution >= 4 is 6.02 Å². The van der Waals surface area contributed by atoms with E-state index in [2.05, 4.69) is 4.99 Å². The standard InChI is InChI=1S/C6H12N2O2/c1-6(3-9-2)4-10-5(7)8-6/h3-4H2,1-2H3,(H2,7,8). The van der Waals surface area contributed by atoms with Crippen molar-refractivity contribution in [1.82, 2.24) is 0 Å². The van der Waals surface area contributed by atoms with Gasteiger partial charge in [0.05, 0.1) is 6.61 Å². The summed E-state index contributed by atoms with van der Waals surface area (Å²) in [7, 11) is 1.63. The fourth-order valence-electron chi connectivity index (χ4n) is 0.945. The Labute approximate surface area is 60.0 Å². The first-order chi connectivity index (χ1) is 4.66. The predicted molar refractivity (Wildman–Crippen MR) is 37.9 cm³/mol. The van der Waals surface area contributed by atoms with Crippen molar-refractivity contribution in [1.29, 1.82) is 0 Å². The Morgan fingerprint density at radius 1 is 1.90 bits per heavy atom. The monoisotopic (exact) mass is 144 g/mol. The summed E-state index contributed by atoms with van der Waals surface area (Å²) >= 11 is 0. The Morgan fingerprint density at radius 3 is 3.00 bits per heavy atom. The minimum absolute atomic E-state index is 0.263. The summed E-state index contributed by atoms with van der Waals surface area (Å²) in [6.45, 7) is 3.01. The summed E-state index contributed by atoms with van der Waals surface area (Å²) < 4.78 is 9.90. The molecule has 1 heterocycles. The van der Waals surface area contributed by atoms with Crippen LogP contribution in [0.3, 0.4) is 0 Å². The number of hydrogen-bond acceptors (Lipinski definition) is 4. The van der Waals surface area contributed by atoms with E-state index in [0.29, 0.717) is 13.2 Å². The van der Waals surface area contributed by atoms with Crippen LogP contribution in [-0.4, -0.2) is 31.9 Å². The van der Waals surface area contributed by atoms with Crippen molar-refractivity contribution in [3.8, 4) is 0 Å². The van der Waals surface area contributed by atoms with Crippen LogP contribution in [-0.2, 0) is 9.47 Å². The first kappa shape index (κ1) is 7.34. The van der Waals surface area contributed by atoms with Gasteiger partial charge >= 0.3 is 0 Å². The van der Waals surface area contributed by atoms with Gasteiger partial charge in [0.25, 0.3) is 6.02 Å². The Balaban J connectivity index is 2.54. The Morgan fingerprint density at radius 2 is 2.60 bits per heavy atom. The van der Waals surface area contributed by atoms with Gasteiger partial charge in [-0.3, -0.25) is 0 Å². The van der Waals surface area contributed by atoms with Crippen LogP contribution in [0.5, 0.6) is 0 Å². The molecule has 2 N–H and O–H groups in total. The number of methoxy groups -OCH3 is 1. The molecule has 0 aromatic rings. The van der Waals surface area contributed by atoms with Crippen LogP contribution in [0.4, 0.5) is 0 Å². The minimum Gasteiger partial charge on any atom is -0.463 e. The summed E-state index contributed by atoms with van der Waals surface area (Å²) in [5.74, 6) is 0. The molecular weight excluding hydrogens is 132 g/mol. The molecule has 4 nitrogen and oxygen atoms in total.